The van der Waals surface area contributed by atoms with Crippen molar-refractivity contribution < 1.29 is 14.1 Å². The van der Waals surface area contributed by atoms with Gasteiger partial charge in [-0.2, -0.15) is 0 Å². The van der Waals surface area contributed by atoms with E-state index < -0.39 is 0 Å². The number of benzene rings is 1. The van der Waals surface area contributed by atoms with Crippen molar-refractivity contribution in [3.05, 3.63) is 17.7 Å². The van der Waals surface area contributed by atoms with E-state index in [1.54, 1.807) is 11.8 Å². The Hall–Kier alpha value is -2.11. The van der Waals surface area contributed by atoms with Crippen LogP contribution in [-0.4, -0.2) is 18.8 Å². The van der Waals surface area contributed by atoms with Gasteiger partial charge in [0.25, 0.3) is 5.52 Å². The fourth-order valence-electron chi connectivity index (χ4n) is 1.97. The fraction of sp³-hybridized carbons (Fsp3) is 0.500. The number of aromatic nitrogens is 3. The maximum Gasteiger partial charge on any atom is 0.480 e. The quantitative estimate of drug-likeness (QED) is 0.645. The standard InChI is InChI=1S/C12H18N5O.C2H6/c1-5-14-12-15-16(3)9-6-8(2)11(18-4)7-10(9)17(12)13;1-2/h6-7H,5,13H2,1-4H3;1-2H3/q+1;/p+1. The molecule has 0 saturated heterocycles. The minimum atomic E-state index is 0.624. The lowest BCUT2D eigenvalue weighted by Crippen LogP contribution is -2.53. The zero-order valence-corrected chi connectivity index (χ0v) is 13.2. The van der Waals surface area contributed by atoms with E-state index in [4.69, 9.17) is 10.6 Å². The van der Waals surface area contributed by atoms with Gasteiger partial charge in [0, 0.05) is 12.1 Å². The molecule has 0 fully saturated rings. The molecule has 3 N–H and O–H groups in total. The van der Waals surface area contributed by atoms with Crippen LogP contribution in [0.4, 0.5) is 5.95 Å². The molecule has 20 heavy (non-hydrogen) atoms. The molecule has 0 amide bonds. The number of rotatable bonds is 3. The molecule has 2 aromatic rings. The van der Waals surface area contributed by atoms with Crippen LogP contribution in [0.5, 0.6) is 5.75 Å². The van der Waals surface area contributed by atoms with Gasteiger partial charge in [-0.1, -0.05) is 13.8 Å². The van der Waals surface area contributed by atoms with Crippen LogP contribution in [0.15, 0.2) is 12.1 Å². The normalized spacial score (nSPS) is 9.90. The Morgan fingerprint density at radius 2 is 1.95 bits per heavy atom. The van der Waals surface area contributed by atoms with Crippen molar-refractivity contribution in [3.8, 4) is 5.75 Å². The number of nitrogens with one attached hydrogen (secondary N) is 1. The van der Waals surface area contributed by atoms with Crippen molar-refractivity contribution in [1.29, 1.82) is 0 Å². The number of nitrogens with zero attached hydrogens (tertiary/aromatic N) is 3. The van der Waals surface area contributed by atoms with Gasteiger partial charge in [0.05, 0.1) is 13.7 Å². The van der Waals surface area contributed by atoms with Gasteiger partial charge in [0.1, 0.15) is 5.75 Å². The van der Waals surface area contributed by atoms with Gasteiger partial charge in [-0.05, 0) is 24.1 Å². The molecule has 0 saturated carbocycles. The van der Waals surface area contributed by atoms with Crippen LogP contribution in [0.25, 0.3) is 11.0 Å². The number of nitrogen functional groups attached to an aromatic ring is 1. The molecule has 1 heterocycles. The molecule has 6 heteroatoms. The molecule has 0 atom stereocenters. The third-order valence-electron chi connectivity index (χ3n) is 2.91. The molecule has 0 aliphatic rings. The molecule has 0 spiro atoms. The number of fused-ring (bicyclic) bond motifs is 1. The molecule has 0 radical (unpaired) electrons. The molecule has 0 aliphatic carbocycles. The SMILES string of the molecule is CC.CCNc1n[n+](C)c2cc(C)c(OC)cc2[n+]1N. The van der Waals surface area contributed by atoms with Gasteiger partial charge < -0.3 is 4.74 Å². The maximum atomic E-state index is 6.07. The second-order valence-corrected chi connectivity index (χ2v) is 4.16. The van der Waals surface area contributed by atoms with Gasteiger partial charge in [-0.25, -0.2) is 0 Å². The monoisotopic (exact) mass is 279 g/mol. The third kappa shape index (κ3) is 2.89. The molecule has 0 unspecified atom stereocenters. The summed E-state index contributed by atoms with van der Waals surface area (Å²) >= 11 is 0. The first-order valence-corrected chi connectivity index (χ1v) is 6.88. The zero-order chi connectivity index (χ0) is 15.3. The molecule has 6 nitrogen and oxygen atoms in total. The molecule has 2 rings (SSSR count). The first-order chi connectivity index (χ1) is 9.58. The van der Waals surface area contributed by atoms with Crippen molar-refractivity contribution >= 4 is 17.0 Å². The highest BCUT2D eigenvalue weighted by atomic mass is 16.5. The summed E-state index contributed by atoms with van der Waals surface area (Å²) in [5.74, 6) is 7.51. The van der Waals surface area contributed by atoms with Crippen LogP contribution in [-0.2, 0) is 7.05 Å². The minimum Gasteiger partial charge on any atom is -0.496 e. The predicted octanol–water partition coefficient (Wildman–Crippen LogP) is 0.836. The molecular weight excluding hydrogens is 254 g/mol. The first-order valence-electron chi connectivity index (χ1n) is 6.88. The maximum absolute atomic E-state index is 6.07. The fourth-order valence-corrected chi connectivity index (χ4v) is 1.97. The van der Waals surface area contributed by atoms with Crippen molar-refractivity contribution in [2.45, 2.75) is 27.7 Å². The van der Waals surface area contributed by atoms with Gasteiger partial charge in [0.15, 0.2) is 12.1 Å². The number of hydrogen-bond donors (Lipinski definition) is 2. The second kappa shape index (κ2) is 6.88. The Labute approximate surface area is 120 Å². The van der Waals surface area contributed by atoms with Crippen LogP contribution in [0.1, 0.15) is 26.3 Å². The number of methoxy groups -OCH3 is 1. The number of ether oxygens (including phenoxy) is 1. The summed E-state index contributed by atoms with van der Waals surface area (Å²) in [6, 6.07) is 3.94. The predicted molar refractivity (Wildman–Crippen MR) is 80.1 cm³/mol. The van der Waals surface area contributed by atoms with Crippen LogP contribution in [0.3, 0.4) is 0 Å². The average molecular weight is 279 g/mol. The highest BCUT2D eigenvalue weighted by molar-refractivity contribution is 5.71. The first kappa shape index (κ1) is 15.9. The summed E-state index contributed by atoms with van der Waals surface area (Å²) in [5.41, 5.74) is 2.88. The summed E-state index contributed by atoms with van der Waals surface area (Å²) in [7, 11) is 3.55. The van der Waals surface area contributed by atoms with E-state index in [2.05, 4.69) is 10.4 Å². The molecule has 0 bridgehead atoms. The Morgan fingerprint density at radius 3 is 2.50 bits per heavy atom. The molecule has 110 valence electrons. The summed E-state index contributed by atoms with van der Waals surface area (Å²) < 4.78 is 8.68. The number of aryl methyl sites for hydroxylation is 2. The molecule has 1 aromatic heterocycles. The molecule has 0 aliphatic heterocycles. The Balaban J connectivity index is 0.000000956. The van der Waals surface area contributed by atoms with Crippen LogP contribution in [0.2, 0.25) is 0 Å². The van der Waals surface area contributed by atoms with Gasteiger partial charge in [0.2, 0.25) is 5.52 Å². The zero-order valence-electron chi connectivity index (χ0n) is 13.2. The Morgan fingerprint density at radius 1 is 1.30 bits per heavy atom. The minimum absolute atomic E-state index is 0.624. The Kier molecular flexibility index (Phi) is 5.49. The van der Waals surface area contributed by atoms with E-state index in [1.807, 2.05) is 51.6 Å². The van der Waals surface area contributed by atoms with Crippen LogP contribution >= 0.6 is 0 Å². The van der Waals surface area contributed by atoms with E-state index in [9.17, 15) is 0 Å². The van der Waals surface area contributed by atoms with Gasteiger partial charge >= 0.3 is 5.95 Å². The van der Waals surface area contributed by atoms with Crippen LogP contribution in [0, 0.1) is 6.92 Å². The number of nitrogens with two attached hydrogens (primary N) is 1. The summed E-state index contributed by atoms with van der Waals surface area (Å²) in [5, 5.41) is 7.52. The lowest BCUT2D eigenvalue weighted by Gasteiger charge is -2.06. The van der Waals surface area contributed by atoms with Crippen molar-refractivity contribution in [2.24, 2.45) is 7.05 Å². The second-order valence-electron chi connectivity index (χ2n) is 4.16. The summed E-state index contributed by atoms with van der Waals surface area (Å²) in [6.45, 7) is 8.76. The van der Waals surface area contributed by atoms with E-state index in [0.717, 1.165) is 28.9 Å². The lowest BCUT2D eigenvalue weighted by atomic mass is 10.2. The number of anilines is 1. The summed E-state index contributed by atoms with van der Waals surface area (Å²) in [4.78, 5) is 0. The molecular formula is C14H25N5O+2. The van der Waals surface area contributed by atoms with Crippen molar-refractivity contribution in [1.82, 2.24) is 5.10 Å². The highest BCUT2D eigenvalue weighted by Gasteiger charge is 2.23. The van der Waals surface area contributed by atoms with E-state index in [-0.39, 0.29) is 0 Å². The van der Waals surface area contributed by atoms with Crippen LogP contribution < -0.4 is 25.3 Å². The lowest BCUT2D eigenvalue weighted by molar-refractivity contribution is -0.727. The Bertz CT molecular complexity index is 598. The highest BCUT2D eigenvalue weighted by Crippen LogP contribution is 2.21. The van der Waals surface area contributed by atoms with E-state index >= 15 is 0 Å². The smallest absolute Gasteiger partial charge is 0.480 e. The average Bonchev–Trinajstić information content (AvgIpc) is 2.46. The number of hydrogen-bond acceptors (Lipinski definition) is 4. The van der Waals surface area contributed by atoms with E-state index in [0.29, 0.717) is 5.95 Å². The van der Waals surface area contributed by atoms with Crippen molar-refractivity contribution in [2.75, 3.05) is 24.8 Å². The summed E-state index contributed by atoms with van der Waals surface area (Å²) in [6.07, 6.45) is 0. The van der Waals surface area contributed by atoms with Gasteiger partial charge in [-0.15, -0.1) is 4.68 Å². The molecule has 1 aromatic carbocycles. The third-order valence-corrected chi connectivity index (χ3v) is 2.91. The largest absolute Gasteiger partial charge is 0.496 e. The topological polar surface area (TPSA) is 67.9 Å². The van der Waals surface area contributed by atoms with Crippen molar-refractivity contribution in [3.63, 3.8) is 0 Å². The van der Waals surface area contributed by atoms with Gasteiger partial charge in [-0.3, -0.25) is 11.2 Å². The van der Waals surface area contributed by atoms with E-state index in [1.165, 1.54) is 0 Å².